The number of hydrogen-bond donors (Lipinski definition) is 2. The molecular weight excluding hydrogens is 332 g/mol. The van der Waals surface area contributed by atoms with E-state index in [9.17, 15) is 18.5 Å². The van der Waals surface area contributed by atoms with Crippen molar-refractivity contribution in [3.05, 3.63) is 64.2 Å². The maximum absolute atomic E-state index is 12.2. The van der Waals surface area contributed by atoms with Gasteiger partial charge in [0.1, 0.15) is 6.07 Å². The molecule has 0 amide bonds. The van der Waals surface area contributed by atoms with E-state index >= 15 is 0 Å². The Morgan fingerprint density at radius 2 is 1.75 bits per heavy atom. The lowest BCUT2D eigenvalue weighted by Crippen LogP contribution is -2.29. The predicted molar refractivity (Wildman–Crippen MR) is 87.9 cm³/mol. The number of nitrogens with zero attached hydrogens (tertiary/aromatic N) is 2. The molecule has 2 rings (SSSR count). The minimum absolute atomic E-state index is 0.0191. The van der Waals surface area contributed by atoms with Crippen LogP contribution in [-0.4, -0.2) is 26.4 Å². The van der Waals surface area contributed by atoms with Crippen molar-refractivity contribution in [1.29, 1.82) is 5.26 Å². The number of nitro groups is 1. The van der Waals surface area contributed by atoms with Crippen molar-refractivity contribution < 1.29 is 13.3 Å². The average molecular weight is 346 g/mol. The number of nitriles is 1. The average Bonchev–Trinajstić information content (AvgIpc) is 2.59. The van der Waals surface area contributed by atoms with Gasteiger partial charge in [-0.25, -0.2) is 13.1 Å². The number of non-ortho nitro benzene ring substituents is 1. The number of sulfonamides is 1. The van der Waals surface area contributed by atoms with Crippen molar-refractivity contribution in [1.82, 2.24) is 4.72 Å². The van der Waals surface area contributed by atoms with E-state index in [1.165, 1.54) is 36.4 Å². The highest BCUT2D eigenvalue weighted by molar-refractivity contribution is 7.89. The Hall–Kier alpha value is -2.96. The van der Waals surface area contributed by atoms with Crippen molar-refractivity contribution in [3.63, 3.8) is 0 Å². The molecule has 0 heterocycles. The fraction of sp³-hybridized carbons (Fsp3) is 0.133. The van der Waals surface area contributed by atoms with Gasteiger partial charge in [-0.1, -0.05) is 12.1 Å². The van der Waals surface area contributed by atoms with Gasteiger partial charge in [-0.05, 0) is 24.3 Å². The normalized spacial score (nSPS) is 10.8. The highest BCUT2D eigenvalue weighted by Crippen LogP contribution is 2.15. The van der Waals surface area contributed by atoms with Gasteiger partial charge in [0.25, 0.3) is 5.69 Å². The zero-order chi connectivity index (χ0) is 17.6. The van der Waals surface area contributed by atoms with Gasteiger partial charge in [-0.3, -0.25) is 10.1 Å². The molecule has 124 valence electrons. The minimum Gasteiger partial charge on any atom is -0.384 e. The van der Waals surface area contributed by atoms with Crippen molar-refractivity contribution in [3.8, 4) is 6.07 Å². The quantitative estimate of drug-likeness (QED) is 0.448. The molecule has 0 saturated carbocycles. The summed E-state index contributed by atoms with van der Waals surface area (Å²) in [5, 5.41) is 22.5. The summed E-state index contributed by atoms with van der Waals surface area (Å²) in [7, 11) is -3.78. The molecule has 2 aromatic carbocycles. The molecule has 0 aliphatic rings. The molecule has 0 aromatic heterocycles. The molecule has 0 aliphatic heterocycles. The van der Waals surface area contributed by atoms with Crippen LogP contribution in [0.15, 0.2) is 53.4 Å². The van der Waals surface area contributed by atoms with E-state index in [0.717, 1.165) is 0 Å². The highest BCUT2D eigenvalue weighted by atomic mass is 32.2. The summed E-state index contributed by atoms with van der Waals surface area (Å²) in [6.45, 7) is 0.380. The van der Waals surface area contributed by atoms with Gasteiger partial charge in [0, 0.05) is 30.9 Å². The Balaban J connectivity index is 1.92. The maximum atomic E-state index is 12.2. The zero-order valence-electron chi connectivity index (χ0n) is 12.5. The second-order valence-corrected chi connectivity index (χ2v) is 6.47. The van der Waals surface area contributed by atoms with Crippen LogP contribution in [0.4, 0.5) is 11.4 Å². The van der Waals surface area contributed by atoms with Crippen molar-refractivity contribution in [2.75, 3.05) is 18.4 Å². The molecule has 0 fully saturated rings. The fourth-order valence-electron chi connectivity index (χ4n) is 1.96. The molecule has 0 radical (unpaired) electrons. The standard InChI is InChI=1S/C15H14N4O4S/c16-11-12-3-1-2-4-15(12)24(22,23)18-10-9-17-13-5-7-14(8-6-13)19(20)21/h1-8,17-18H,9-10H2. The van der Waals surface area contributed by atoms with Gasteiger partial charge in [0.15, 0.2) is 0 Å². The third-order valence-corrected chi connectivity index (χ3v) is 4.64. The third-order valence-electron chi connectivity index (χ3n) is 3.12. The second kappa shape index (κ2) is 7.54. The summed E-state index contributed by atoms with van der Waals surface area (Å²) in [5.74, 6) is 0. The monoisotopic (exact) mass is 346 g/mol. The van der Waals surface area contributed by atoms with E-state index in [1.807, 2.05) is 6.07 Å². The Bertz CT molecular complexity index is 873. The smallest absolute Gasteiger partial charge is 0.269 e. The van der Waals surface area contributed by atoms with E-state index < -0.39 is 14.9 Å². The molecule has 8 nitrogen and oxygen atoms in total. The van der Waals surface area contributed by atoms with Crippen LogP contribution >= 0.6 is 0 Å². The molecular formula is C15H14N4O4S. The van der Waals surface area contributed by atoms with Crippen LogP contribution in [0, 0.1) is 21.4 Å². The van der Waals surface area contributed by atoms with Gasteiger partial charge in [-0.15, -0.1) is 0 Å². The van der Waals surface area contributed by atoms with Gasteiger partial charge >= 0.3 is 0 Å². The summed E-state index contributed by atoms with van der Waals surface area (Å²) in [4.78, 5) is 9.99. The first-order valence-electron chi connectivity index (χ1n) is 6.91. The Morgan fingerprint density at radius 3 is 2.38 bits per heavy atom. The van der Waals surface area contributed by atoms with E-state index in [4.69, 9.17) is 5.26 Å². The lowest BCUT2D eigenvalue weighted by molar-refractivity contribution is -0.384. The first kappa shape index (κ1) is 17.4. The fourth-order valence-corrected chi connectivity index (χ4v) is 3.15. The van der Waals surface area contributed by atoms with Crippen molar-refractivity contribution in [2.45, 2.75) is 4.90 Å². The Kier molecular flexibility index (Phi) is 5.47. The van der Waals surface area contributed by atoms with E-state index in [1.54, 1.807) is 12.1 Å². The van der Waals surface area contributed by atoms with E-state index in [-0.39, 0.29) is 29.2 Å². The van der Waals surface area contributed by atoms with Crippen LogP contribution in [-0.2, 0) is 10.0 Å². The first-order chi connectivity index (χ1) is 11.4. The van der Waals surface area contributed by atoms with Gasteiger partial charge < -0.3 is 5.32 Å². The molecule has 2 N–H and O–H groups in total. The third kappa shape index (κ3) is 4.28. The second-order valence-electron chi connectivity index (χ2n) is 4.74. The minimum atomic E-state index is -3.78. The molecule has 24 heavy (non-hydrogen) atoms. The Morgan fingerprint density at radius 1 is 1.08 bits per heavy atom. The number of rotatable bonds is 7. The van der Waals surface area contributed by atoms with Crippen LogP contribution in [0.3, 0.4) is 0 Å². The van der Waals surface area contributed by atoms with Gasteiger partial charge in [0.05, 0.1) is 15.4 Å². The van der Waals surface area contributed by atoms with Crippen molar-refractivity contribution in [2.24, 2.45) is 0 Å². The predicted octanol–water partition coefficient (Wildman–Crippen LogP) is 1.86. The number of benzene rings is 2. The highest BCUT2D eigenvalue weighted by Gasteiger charge is 2.17. The summed E-state index contributed by atoms with van der Waals surface area (Å²) in [6, 6.07) is 13.6. The summed E-state index contributed by atoms with van der Waals surface area (Å²) in [6.07, 6.45) is 0. The molecule has 0 spiro atoms. The molecule has 2 aromatic rings. The lowest BCUT2D eigenvalue weighted by atomic mass is 10.2. The van der Waals surface area contributed by atoms with E-state index in [2.05, 4.69) is 10.0 Å². The van der Waals surface area contributed by atoms with Crippen LogP contribution in [0.1, 0.15) is 5.56 Å². The largest absolute Gasteiger partial charge is 0.384 e. The Labute approximate surface area is 138 Å². The molecule has 0 unspecified atom stereocenters. The molecule has 0 saturated heterocycles. The number of nitro benzene ring substituents is 1. The van der Waals surface area contributed by atoms with Crippen LogP contribution < -0.4 is 10.0 Å². The van der Waals surface area contributed by atoms with Crippen LogP contribution in [0.5, 0.6) is 0 Å². The van der Waals surface area contributed by atoms with Crippen LogP contribution in [0.25, 0.3) is 0 Å². The number of anilines is 1. The van der Waals surface area contributed by atoms with E-state index in [0.29, 0.717) is 5.69 Å². The van der Waals surface area contributed by atoms with Gasteiger partial charge in [0.2, 0.25) is 10.0 Å². The lowest BCUT2D eigenvalue weighted by Gasteiger charge is -2.09. The summed E-state index contributed by atoms with van der Waals surface area (Å²) >= 11 is 0. The summed E-state index contributed by atoms with van der Waals surface area (Å²) in [5.41, 5.74) is 0.694. The zero-order valence-corrected chi connectivity index (χ0v) is 13.3. The topological polar surface area (TPSA) is 125 Å². The molecule has 0 atom stereocenters. The SMILES string of the molecule is N#Cc1ccccc1S(=O)(=O)NCCNc1ccc([N+](=O)[O-])cc1. The van der Waals surface area contributed by atoms with Crippen molar-refractivity contribution >= 4 is 21.4 Å². The molecule has 9 heteroatoms. The maximum Gasteiger partial charge on any atom is 0.269 e. The summed E-state index contributed by atoms with van der Waals surface area (Å²) < 4.78 is 26.8. The number of nitrogens with one attached hydrogen (secondary N) is 2. The number of hydrogen-bond acceptors (Lipinski definition) is 6. The van der Waals surface area contributed by atoms with Gasteiger partial charge in [-0.2, -0.15) is 5.26 Å². The first-order valence-corrected chi connectivity index (χ1v) is 8.39. The molecule has 0 aliphatic carbocycles. The molecule has 0 bridgehead atoms. The van der Waals surface area contributed by atoms with Crippen LogP contribution in [0.2, 0.25) is 0 Å².